The quantitative estimate of drug-likeness (QED) is 0.571. The second-order valence-electron chi connectivity index (χ2n) is 7.65. The normalized spacial score (nSPS) is 16.4. The van der Waals surface area contributed by atoms with Gasteiger partial charge < -0.3 is 20.0 Å². The molecule has 3 heterocycles. The van der Waals surface area contributed by atoms with E-state index in [-0.39, 0.29) is 17.4 Å². The third-order valence-corrected chi connectivity index (χ3v) is 6.20. The summed E-state index contributed by atoms with van der Waals surface area (Å²) >= 11 is 1.43. The highest BCUT2D eigenvalue weighted by molar-refractivity contribution is 7.22. The number of pyridine rings is 1. The van der Waals surface area contributed by atoms with Crippen LogP contribution in [-0.2, 0) is 0 Å². The molecule has 0 radical (unpaired) electrons. The van der Waals surface area contributed by atoms with Crippen molar-refractivity contribution in [2.24, 2.45) is 0 Å². The third kappa shape index (κ3) is 4.60. The molecular formula is C21H24FN5O3S. The molecule has 4 rings (SSSR count). The lowest BCUT2D eigenvalue weighted by Crippen LogP contribution is -2.50. The van der Waals surface area contributed by atoms with Gasteiger partial charge in [0.25, 0.3) is 0 Å². The summed E-state index contributed by atoms with van der Waals surface area (Å²) in [6.07, 6.45) is -0.847. The second kappa shape index (κ2) is 8.74. The van der Waals surface area contributed by atoms with Crippen molar-refractivity contribution in [3.05, 3.63) is 47.4 Å². The Hall–Kier alpha value is -2.82. The van der Waals surface area contributed by atoms with Crippen LogP contribution in [-0.4, -0.2) is 63.4 Å². The van der Waals surface area contributed by atoms with E-state index in [1.807, 2.05) is 25.1 Å². The molecule has 0 bridgehead atoms. The van der Waals surface area contributed by atoms with E-state index < -0.39 is 18.0 Å². The lowest BCUT2D eigenvalue weighted by atomic mass is 10.1. The van der Waals surface area contributed by atoms with E-state index in [0.717, 1.165) is 15.8 Å². The van der Waals surface area contributed by atoms with Crippen molar-refractivity contribution in [3.8, 4) is 0 Å². The number of anilines is 2. The largest absolute Gasteiger partial charge is 0.390 e. The molecule has 3 N–H and O–H groups in total. The number of thiazole rings is 1. The number of piperazine rings is 1. The summed E-state index contributed by atoms with van der Waals surface area (Å²) in [5, 5.41) is 22.7. The maximum atomic E-state index is 14.5. The molecular weight excluding hydrogens is 421 g/mol. The first kappa shape index (κ1) is 21.4. The molecule has 1 aliphatic rings. The average molecular weight is 446 g/mol. The highest BCUT2D eigenvalue weighted by Crippen LogP contribution is 2.27. The van der Waals surface area contributed by atoms with Crippen molar-refractivity contribution in [2.45, 2.75) is 26.1 Å². The molecule has 3 aromatic rings. The molecule has 0 aliphatic carbocycles. The van der Waals surface area contributed by atoms with Crippen LogP contribution >= 0.6 is 11.3 Å². The summed E-state index contributed by atoms with van der Waals surface area (Å²) in [4.78, 5) is 24.6. The van der Waals surface area contributed by atoms with Crippen LogP contribution in [0.2, 0.25) is 0 Å². The van der Waals surface area contributed by atoms with Crippen molar-refractivity contribution < 1.29 is 19.4 Å². The molecule has 31 heavy (non-hydrogen) atoms. The minimum atomic E-state index is -1.19. The molecule has 2 aromatic heterocycles. The summed E-state index contributed by atoms with van der Waals surface area (Å²) in [5.41, 5.74) is 2.21. The predicted molar refractivity (Wildman–Crippen MR) is 118 cm³/mol. The van der Waals surface area contributed by atoms with Gasteiger partial charge in [-0.1, -0.05) is 17.4 Å². The number of halogens is 1. The molecule has 8 nitrogen and oxygen atoms in total. The first-order valence-electron chi connectivity index (χ1n) is 10.0. The van der Waals surface area contributed by atoms with Crippen LogP contribution in [0.1, 0.15) is 24.2 Å². The van der Waals surface area contributed by atoms with Gasteiger partial charge in [0.1, 0.15) is 6.10 Å². The topological polar surface area (TPSA) is 102 Å². The lowest BCUT2D eigenvalue weighted by Gasteiger charge is -2.35. The van der Waals surface area contributed by atoms with Crippen molar-refractivity contribution in [1.29, 1.82) is 0 Å². The van der Waals surface area contributed by atoms with Gasteiger partial charge in [0, 0.05) is 37.9 Å². The van der Waals surface area contributed by atoms with Crippen LogP contribution in [0.15, 0.2) is 30.5 Å². The monoisotopic (exact) mass is 445 g/mol. The molecule has 0 spiro atoms. The molecule has 1 aliphatic heterocycles. The van der Waals surface area contributed by atoms with E-state index in [0.29, 0.717) is 31.3 Å². The van der Waals surface area contributed by atoms with Gasteiger partial charge in [-0.05, 0) is 37.6 Å². The van der Waals surface area contributed by atoms with Crippen molar-refractivity contribution in [3.63, 3.8) is 0 Å². The minimum Gasteiger partial charge on any atom is -0.390 e. The number of aliphatic hydroxyl groups excluding tert-OH is 2. The standard InChI is InChI=1S/C21H24FN5O3S/c1-12-3-4-16-17(9-12)31-20(24-16)25-21(30)27-7-5-26(6-8-27)19-15(22)10-14(11-23-19)18(29)13(2)28/h3-4,9-11,13,18,28-29H,5-8H2,1-2H3,(H,24,25,30)/t13-,18?/m0/s1. The molecule has 1 fully saturated rings. The number of rotatable bonds is 4. The smallest absolute Gasteiger partial charge is 0.323 e. The van der Waals surface area contributed by atoms with Crippen LogP contribution in [0.5, 0.6) is 0 Å². The second-order valence-corrected chi connectivity index (χ2v) is 8.68. The lowest BCUT2D eigenvalue weighted by molar-refractivity contribution is 0.0301. The number of aromatic nitrogens is 2. The number of hydrogen-bond acceptors (Lipinski definition) is 7. The van der Waals surface area contributed by atoms with E-state index in [2.05, 4.69) is 15.3 Å². The van der Waals surface area contributed by atoms with Crippen LogP contribution < -0.4 is 10.2 Å². The van der Waals surface area contributed by atoms with Gasteiger partial charge >= 0.3 is 6.03 Å². The predicted octanol–water partition coefficient (Wildman–Crippen LogP) is 2.91. The number of nitrogens with one attached hydrogen (secondary N) is 1. The number of hydrogen-bond donors (Lipinski definition) is 3. The summed E-state index contributed by atoms with van der Waals surface area (Å²) < 4.78 is 15.6. The van der Waals surface area contributed by atoms with Crippen molar-refractivity contribution >= 4 is 38.5 Å². The van der Waals surface area contributed by atoms with Crippen LogP contribution in [0.25, 0.3) is 10.2 Å². The summed E-state index contributed by atoms with van der Waals surface area (Å²) in [6, 6.07) is 6.90. The Morgan fingerprint density at radius 3 is 2.65 bits per heavy atom. The minimum absolute atomic E-state index is 0.170. The molecule has 1 unspecified atom stereocenters. The zero-order valence-electron chi connectivity index (χ0n) is 17.2. The SMILES string of the molecule is Cc1ccc2nc(NC(=O)N3CCN(c4ncc(C(O)[C@H](C)O)cc4F)CC3)sc2c1. The third-order valence-electron chi connectivity index (χ3n) is 5.27. The van der Waals surface area contributed by atoms with Crippen molar-refractivity contribution in [2.75, 3.05) is 36.4 Å². The molecule has 2 atom stereocenters. The van der Waals surface area contributed by atoms with E-state index in [4.69, 9.17) is 0 Å². The molecule has 164 valence electrons. The first-order chi connectivity index (χ1) is 14.8. The zero-order chi connectivity index (χ0) is 22.1. The van der Waals surface area contributed by atoms with Crippen LogP contribution in [0.3, 0.4) is 0 Å². The Labute approximate surface area is 183 Å². The highest BCUT2D eigenvalue weighted by Gasteiger charge is 2.25. The zero-order valence-corrected chi connectivity index (χ0v) is 18.1. The van der Waals surface area contributed by atoms with E-state index in [1.165, 1.54) is 30.5 Å². The fourth-order valence-corrected chi connectivity index (χ4v) is 4.45. The number of urea groups is 1. The van der Waals surface area contributed by atoms with E-state index >= 15 is 0 Å². The Morgan fingerprint density at radius 1 is 1.23 bits per heavy atom. The van der Waals surface area contributed by atoms with Crippen LogP contribution in [0, 0.1) is 12.7 Å². The van der Waals surface area contributed by atoms with Crippen molar-refractivity contribution in [1.82, 2.24) is 14.9 Å². The Balaban J connectivity index is 1.37. The first-order valence-corrected chi connectivity index (χ1v) is 10.8. The Morgan fingerprint density at radius 2 is 1.97 bits per heavy atom. The summed E-state index contributed by atoms with van der Waals surface area (Å²) in [5.74, 6) is -0.400. The summed E-state index contributed by atoms with van der Waals surface area (Å²) in [6.45, 7) is 5.11. The maximum Gasteiger partial charge on any atom is 0.323 e. The maximum absolute atomic E-state index is 14.5. The number of nitrogens with zero attached hydrogens (tertiary/aromatic N) is 4. The number of benzene rings is 1. The number of carbonyl (C=O) groups is 1. The van der Waals surface area contributed by atoms with Gasteiger partial charge in [-0.15, -0.1) is 0 Å². The molecule has 1 saturated heterocycles. The fourth-order valence-electron chi connectivity index (χ4n) is 3.50. The van der Waals surface area contributed by atoms with Crippen LogP contribution in [0.4, 0.5) is 20.1 Å². The Kier molecular flexibility index (Phi) is 6.03. The van der Waals surface area contributed by atoms with Gasteiger partial charge in [-0.2, -0.15) is 0 Å². The fraction of sp³-hybridized carbons (Fsp3) is 0.381. The molecule has 1 aromatic carbocycles. The Bertz CT molecular complexity index is 1100. The van der Waals surface area contributed by atoms with Gasteiger partial charge in [0.05, 0.1) is 16.3 Å². The van der Waals surface area contributed by atoms with E-state index in [9.17, 15) is 19.4 Å². The number of aryl methyl sites for hydroxylation is 1. The highest BCUT2D eigenvalue weighted by atomic mass is 32.1. The number of amides is 2. The van der Waals surface area contributed by atoms with Gasteiger partial charge in [0.15, 0.2) is 16.8 Å². The molecule has 0 saturated carbocycles. The number of fused-ring (bicyclic) bond motifs is 1. The number of carbonyl (C=O) groups excluding carboxylic acids is 1. The van der Waals surface area contributed by atoms with Gasteiger partial charge in [0.2, 0.25) is 0 Å². The average Bonchev–Trinajstić information content (AvgIpc) is 3.14. The van der Waals surface area contributed by atoms with Gasteiger partial charge in [-0.3, -0.25) is 5.32 Å². The number of aliphatic hydroxyl groups is 2. The molecule has 10 heteroatoms. The van der Waals surface area contributed by atoms with E-state index in [1.54, 1.807) is 9.80 Å². The van der Waals surface area contributed by atoms with Gasteiger partial charge in [-0.25, -0.2) is 19.2 Å². The molecule has 2 amide bonds. The summed E-state index contributed by atoms with van der Waals surface area (Å²) in [7, 11) is 0.